The molecule has 92 valence electrons. The summed E-state index contributed by atoms with van der Waals surface area (Å²) >= 11 is 6.08. The van der Waals surface area contributed by atoms with Gasteiger partial charge in [-0.05, 0) is 37.5 Å². The van der Waals surface area contributed by atoms with Crippen molar-refractivity contribution in [1.82, 2.24) is 0 Å². The van der Waals surface area contributed by atoms with Crippen molar-refractivity contribution in [1.29, 1.82) is 0 Å². The van der Waals surface area contributed by atoms with Gasteiger partial charge in [-0.3, -0.25) is 4.79 Å². The van der Waals surface area contributed by atoms with Crippen molar-refractivity contribution in [3.05, 3.63) is 28.3 Å². The minimum Gasteiger partial charge on any atom is -0.466 e. The third-order valence-electron chi connectivity index (χ3n) is 3.11. The molecule has 1 unspecified atom stereocenters. The average molecular weight is 254 g/mol. The topological polar surface area (TPSA) is 38.3 Å². The smallest absolute Gasteiger partial charge is 0.313 e. The zero-order valence-corrected chi connectivity index (χ0v) is 10.8. The van der Waals surface area contributed by atoms with Crippen LogP contribution in [-0.4, -0.2) is 19.1 Å². The molecule has 1 aromatic carbocycles. The number of carbonyl (C=O) groups excluding carboxylic acids is 1. The first kappa shape index (κ1) is 12.2. The quantitative estimate of drug-likeness (QED) is 0.823. The Morgan fingerprint density at radius 1 is 1.59 bits per heavy atom. The molecule has 3 nitrogen and oxygen atoms in total. The van der Waals surface area contributed by atoms with Gasteiger partial charge >= 0.3 is 5.97 Å². The van der Waals surface area contributed by atoms with Gasteiger partial charge in [-0.15, -0.1) is 0 Å². The van der Waals surface area contributed by atoms with Crippen LogP contribution in [0.3, 0.4) is 0 Å². The normalized spacial score (nSPS) is 18.2. The van der Waals surface area contributed by atoms with E-state index >= 15 is 0 Å². The van der Waals surface area contributed by atoms with Gasteiger partial charge in [-0.25, -0.2) is 0 Å². The zero-order valence-electron chi connectivity index (χ0n) is 10.0. The lowest BCUT2D eigenvalue weighted by molar-refractivity contribution is -0.145. The number of rotatable bonds is 2. The van der Waals surface area contributed by atoms with E-state index in [9.17, 15) is 4.79 Å². The minimum absolute atomic E-state index is 0.142. The fourth-order valence-corrected chi connectivity index (χ4v) is 2.37. The Kier molecular flexibility index (Phi) is 3.57. The predicted octanol–water partition coefficient (Wildman–Crippen LogP) is 3.11. The van der Waals surface area contributed by atoms with E-state index in [0.29, 0.717) is 6.61 Å². The number of fused-ring (bicyclic) bond motifs is 1. The number of halogens is 1. The summed E-state index contributed by atoms with van der Waals surface area (Å²) in [5, 5.41) is 4.03. The molecule has 2 rings (SSSR count). The number of hydrogen-bond acceptors (Lipinski definition) is 3. The summed E-state index contributed by atoms with van der Waals surface area (Å²) in [7, 11) is 0. The Morgan fingerprint density at radius 2 is 2.35 bits per heavy atom. The summed E-state index contributed by atoms with van der Waals surface area (Å²) < 4.78 is 5.11. The van der Waals surface area contributed by atoms with Crippen LogP contribution in [0.15, 0.2) is 12.1 Å². The number of benzene rings is 1. The lowest BCUT2D eigenvalue weighted by Gasteiger charge is -2.27. The van der Waals surface area contributed by atoms with Gasteiger partial charge in [-0.1, -0.05) is 17.7 Å². The fourth-order valence-electron chi connectivity index (χ4n) is 2.22. The molecular weight excluding hydrogens is 238 g/mol. The number of hydrogen-bond donors (Lipinski definition) is 1. The van der Waals surface area contributed by atoms with E-state index < -0.39 is 0 Å². The molecule has 4 heteroatoms. The van der Waals surface area contributed by atoms with Crippen LogP contribution in [0.4, 0.5) is 5.69 Å². The molecule has 1 aliphatic heterocycles. The molecule has 0 saturated carbocycles. The summed E-state index contributed by atoms with van der Waals surface area (Å²) in [6, 6.07) is 3.76. The molecule has 1 heterocycles. The molecule has 1 aliphatic rings. The summed E-state index contributed by atoms with van der Waals surface area (Å²) in [4.78, 5) is 11.9. The molecular formula is C13H16ClNO2. The fraction of sp³-hybridized carbons (Fsp3) is 0.462. The van der Waals surface area contributed by atoms with Gasteiger partial charge in [0, 0.05) is 17.3 Å². The maximum atomic E-state index is 11.9. The largest absolute Gasteiger partial charge is 0.466 e. The second-order valence-corrected chi connectivity index (χ2v) is 4.56. The molecule has 0 aromatic heterocycles. The molecule has 0 bridgehead atoms. The lowest BCUT2D eigenvalue weighted by atomic mass is 9.89. The van der Waals surface area contributed by atoms with Gasteiger partial charge in [0.1, 0.15) is 0 Å². The minimum atomic E-state index is -0.165. The van der Waals surface area contributed by atoms with Crippen LogP contribution in [0.25, 0.3) is 0 Å². The average Bonchev–Trinajstić information content (AvgIpc) is 2.33. The van der Waals surface area contributed by atoms with Crippen molar-refractivity contribution < 1.29 is 9.53 Å². The van der Waals surface area contributed by atoms with Gasteiger partial charge in [0.25, 0.3) is 0 Å². The van der Waals surface area contributed by atoms with Crippen molar-refractivity contribution in [2.24, 2.45) is 0 Å². The molecule has 0 saturated heterocycles. The van der Waals surface area contributed by atoms with Gasteiger partial charge in [0.15, 0.2) is 0 Å². The van der Waals surface area contributed by atoms with Gasteiger partial charge in [-0.2, -0.15) is 0 Å². The van der Waals surface area contributed by atoms with Crippen LogP contribution in [-0.2, 0) is 9.53 Å². The first-order valence-electron chi connectivity index (χ1n) is 5.84. The highest BCUT2D eigenvalue weighted by Crippen LogP contribution is 2.37. The molecule has 0 fully saturated rings. The molecule has 1 aromatic rings. The predicted molar refractivity (Wildman–Crippen MR) is 68.7 cm³/mol. The number of ether oxygens (including phenoxy) is 1. The second kappa shape index (κ2) is 4.96. The van der Waals surface area contributed by atoms with Crippen LogP contribution in [0.2, 0.25) is 5.02 Å². The van der Waals surface area contributed by atoms with E-state index in [4.69, 9.17) is 16.3 Å². The van der Waals surface area contributed by atoms with E-state index in [1.54, 1.807) is 0 Å². The van der Waals surface area contributed by atoms with E-state index in [-0.39, 0.29) is 11.9 Å². The van der Waals surface area contributed by atoms with Crippen molar-refractivity contribution >= 4 is 23.3 Å². The number of nitrogens with one attached hydrogen (secondary N) is 1. The van der Waals surface area contributed by atoms with Crippen molar-refractivity contribution in [2.75, 3.05) is 18.5 Å². The van der Waals surface area contributed by atoms with E-state index in [2.05, 4.69) is 5.32 Å². The van der Waals surface area contributed by atoms with Gasteiger partial charge < -0.3 is 10.1 Å². The molecule has 1 N–H and O–H groups in total. The molecule has 17 heavy (non-hydrogen) atoms. The standard InChI is InChI=1S/C13H16ClNO2/c1-3-17-13(16)10-6-7-15-12-8(2)11(14)5-4-9(10)12/h4-5,10,15H,3,6-7H2,1-2H3. The number of esters is 1. The zero-order chi connectivity index (χ0) is 12.4. The maximum absolute atomic E-state index is 11.9. The molecule has 0 spiro atoms. The first-order valence-corrected chi connectivity index (χ1v) is 6.22. The van der Waals surface area contributed by atoms with E-state index in [1.165, 1.54) is 0 Å². The Labute approximate surface area is 106 Å². The third kappa shape index (κ3) is 2.25. The van der Waals surface area contributed by atoms with Crippen LogP contribution in [0.5, 0.6) is 0 Å². The van der Waals surface area contributed by atoms with Crippen LogP contribution >= 0.6 is 11.6 Å². The highest BCUT2D eigenvalue weighted by atomic mass is 35.5. The third-order valence-corrected chi connectivity index (χ3v) is 3.52. The Morgan fingerprint density at radius 3 is 3.06 bits per heavy atom. The highest BCUT2D eigenvalue weighted by Gasteiger charge is 2.28. The number of anilines is 1. The van der Waals surface area contributed by atoms with Crippen LogP contribution < -0.4 is 5.32 Å². The van der Waals surface area contributed by atoms with Gasteiger partial charge in [0.05, 0.1) is 12.5 Å². The summed E-state index contributed by atoms with van der Waals surface area (Å²) in [6.07, 6.45) is 0.771. The molecule has 1 atom stereocenters. The molecule has 0 radical (unpaired) electrons. The lowest BCUT2D eigenvalue weighted by Crippen LogP contribution is -2.25. The first-order chi connectivity index (χ1) is 8.15. The number of carbonyl (C=O) groups is 1. The molecule has 0 amide bonds. The van der Waals surface area contributed by atoms with Crippen LogP contribution in [0, 0.1) is 6.92 Å². The van der Waals surface area contributed by atoms with Crippen molar-refractivity contribution in [3.63, 3.8) is 0 Å². The monoisotopic (exact) mass is 253 g/mol. The Hall–Kier alpha value is -1.22. The Bertz CT molecular complexity index is 445. The Balaban J connectivity index is 2.38. The summed E-state index contributed by atoms with van der Waals surface area (Å²) in [5.41, 5.74) is 2.98. The SMILES string of the molecule is CCOC(=O)C1CCNc2c1ccc(Cl)c2C. The van der Waals surface area contributed by atoms with Gasteiger partial charge in [0.2, 0.25) is 0 Å². The van der Waals surface area contributed by atoms with Crippen LogP contribution in [0.1, 0.15) is 30.4 Å². The van der Waals surface area contributed by atoms with E-state index in [1.807, 2.05) is 26.0 Å². The summed E-state index contributed by atoms with van der Waals surface area (Å²) in [5.74, 6) is -0.306. The summed E-state index contributed by atoms with van der Waals surface area (Å²) in [6.45, 7) is 4.98. The maximum Gasteiger partial charge on any atom is 0.313 e. The highest BCUT2D eigenvalue weighted by molar-refractivity contribution is 6.31. The van der Waals surface area contributed by atoms with Crippen molar-refractivity contribution in [3.8, 4) is 0 Å². The van der Waals surface area contributed by atoms with E-state index in [0.717, 1.165) is 34.8 Å². The van der Waals surface area contributed by atoms with Crippen molar-refractivity contribution in [2.45, 2.75) is 26.2 Å². The molecule has 0 aliphatic carbocycles. The second-order valence-electron chi connectivity index (χ2n) is 4.16.